The van der Waals surface area contributed by atoms with Crippen molar-refractivity contribution < 1.29 is 4.21 Å². The van der Waals surface area contributed by atoms with Gasteiger partial charge in [-0.2, -0.15) is 0 Å². The maximum atomic E-state index is 12.5. The summed E-state index contributed by atoms with van der Waals surface area (Å²) in [5, 5.41) is 8.68. The fourth-order valence-electron chi connectivity index (χ4n) is 2.20. The molecule has 0 amide bonds. The van der Waals surface area contributed by atoms with Crippen LogP contribution in [-0.4, -0.2) is 19.2 Å². The molecule has 0 saturated heterocycles. The number of aryl methyl sites for hydroxylation is 1. The molecule has 112 valence electrons. The van der Waals surface area contributed by atoms with E-state index in [0.717, 1.165) is 16.0 Å². The lowest BCUT2D eigenvalue weighted by Crippen LogP contribution is -2.07. The normalized spacial score (nSPS) is 13.7. The second-order valence-corrected chi connectivity index (χ2v) is 6.63. The van der Waals surface area contributed by atoms with Crippen molar-refractivity contribution in [3.63, 3.8) is 0 Å². The van der Waals surface area contributed by atoms with Gasteiger partial charge in [-0.3, -0.25) is 0 Å². The Morgan fingerprint density at radius 3 is 2.41 bits per heavy atom. The summed E-state index contributed by atoms with van der Waals surface area (Å²) in [5.74, 6) is 0. The molecule has 1 aromatic heterocycles. The van der Waals surface area contributed by atoms with Crippen molar-refractivity contribution in [1.82, 2.24) is 15.0 Å². The highest BCUT2D eigenvalue weighted by Crippen LogP contribution is 2.19. The molecule has 0 aliphatic heterocycles. The van der Waals surface area contributed by atoms with Crippen LogP contribution < -0.4 is 0 Å². The zero-order chi connectivity index (χ0) is 15.5. The molecule has 0 bridgehead atoms. The summed E-state index contributed by atoms with van der Waals surface area (Å²) in [6.45, 7) is 4.05. The van der Waals surface area contributed by atoms with E-state index >= 15 is 0 Å². The van der Waals surface area contributed by atoms with Gasteiger partial charge in [0.25, 0.3) is 0 Å². The Hall–Kier alpha value is -2.27. The summed E-state index contributed by atoms with van der Waals surface area (Å²) >= 11 is 0. The smallest absolute Gasteiger partial charge is 0.174 e. The number of benzene rings is 2. The predicted molar refractivity (Wildman–Crippen MR) is 86.1 cm³/mol. The third-order valence-electron chi connectivity index (χ3n) is 3.59. The maximum Gasteiger partial charge on any atom is 0.174 e. The lowest BCUT2D eigenvalue weighted by atomic mass is 10.1. The first kappa shape index (κ1) is 14.7. The van der Waals surface area contributed by atoms with Crippen LogP contribution in [-0.2, 0) is 10.8 Å². The second kappa shape index (κ2) is 6.23. The van der Waals surface area contributed by atoms with Crippen molar-refractivity contribution in [2.24, 2.45) is 0 Å². The Labute approximate surface area is 132 Å². The molecule has 5 heteroatoms. The Morgan fingerprint density at radius 2 is 1.73 bits per heavy atom. The highest BCUT2D eigenvalue weighted by Gasteiger charge is 2.15. The lowest BCUT2D eigenvalue weighted by Gasteiger charge is -2.10. The quantitative estimate of drug-likeness (QED) is 0.742. The fourth-order valence-corrected chi connectivity index (χ4v) is 3.14. The largest absolute Gasteiger partial charge is 0.247 e. The van der Waals surface area contributed by atoms with E-state index < -0.39 is 10.8 Å². The van der Waals surface area contributed by atoms with Gasteiger partial charge in [-0.15, -0.1) is 5.10 Å². The summed E-state index contributed by atoms with van der Waals surface area (Å²) in [5.41, 5.74) is 2.28. The molecular formula is C17H17N3OS. The van der Waals surface area contributed by atoms with Gasteiger partial charge in [-0.25, -0.2) is 8.89 Å². The molecule has 1 unspecified atom stereocenters. The van der Waals surface area contributed by atoms with Crippen LogP contribution in [0.5, 0.6) is 0 Å². The van der Waals surface area contributed by atoms with Crippen molar-refractivity contribution in [2.75, 3.05) is 0 Å². The van der Waals surface area contributed by atoms with Crippen molar-refractivity contribution in [3.8, 4) is 0 Å². The molecule has 22 heavy (non-hydrogen) atoms. The molecular weight excluding hydrogens is 294 g/mol. The minimum absolute atomic E-state index is 0.0532. The van der Waals surface area contributed by atoms with Gasteiger partial charge in [0.1, 0.15) is 10.8 Å². The molecule has 0 N–H and O–H groups in total. The molecule has 2 aromatic carbocycles. The SMILES string of the molecule is Cc1ccc(S(=O)c2cn([C@H](C)c3ccccc3)nn2)cc1. The van der Waals surface area contributed by atoms with Gasteiger partial charge in [0.15, 0.2) is 5.03 Å². The van der Waals surface area contributed by atoms with Gasteiger partial charge in [0, 0.05) is 4.90 Å². The van der Waals surface area contributed by atoms with E-state index in [0.29, 0.717) is 5.03 Å². The van der Waals surface area contributed by atoms with Gasteiger partial charge in [-0.1, -0.05) is 53.2 Å². The fraction of sp³-hybridized carbons (Fsp3) is 0.176. The third kappa shape index (κ3) is 2.99. The summed E-state index contributed by atoms with van der Waals surface area (Å²) in [6.07, 6.45) is 1.76. The van der Waals surface area contributed by atoms with Gasteiger partial charge in [0.05, 0.1) is 12.2 Å². The Bertz CT molecular complexity index is 781. The number of nitrogens with zero attached hydrogens (tertiary/aromatic N) is 3. The lowest BCUT2D eigenvalue weighted by molar-refractivity contribution is 0.543. The first-order valence-corrected chi connectivity index (χ1v) is 8.25. The maximum absolute atomic E-state index is 12.5. The third-order valence-corrected chi connectivity index (χ3v) is 4.86. The van der Waals surface area contributed by atoms with Gasteiger partial charge < -0.3 is 0 Å². The molecule has 0 fully saturated rings. The topological polar surface area (TPSA) is 47.8 Å². The van der Waals surface area contributed by atoms with Crippen molar-refractivity contribution in [3.05, 3.63) is 71.9 Å². The molecule has 3 rings (SSSR count). The van der Waals surface area contributed by atoms with Crippen LogP contribution in [0.3, 0.4) is 0 Å². The first-order chi connectivity index (χ1) is 10.6. The molecule has 4 nitrogen and oxygen atoms in total. The van der Waals surface area contributed by atoms with E-state index in [1.807, 2.05) is 68.4 Å². The van der Waals surface area contributed by atoms with E-state index in [1.165, 1.54) is 0 Å². The zero-order valence-corrected chi connectivity index (χ0v) is 13.3. The molecule has 0 aliphatic carbocycles. The van der Waals surface area contributed by atoms with Gasteiger partial charge >= 0.3 is 0 Å². The minimum Gasteiger partial charge on any atom is -0.247 e. The number of hydrogen-bond acceptors (Lipinski definition) is 3. The molecule has 0 radical (unpaired) electrons. The second-order valence-electron chi connectivity index (χ2n) is 5.21. The number of rotatable bonds is 4. The summed E-state index contributed by atoms with van der Waals surface area (Å²) in [4.78, 5) is 0.741. The van der Waals surface area contributed by atoms with Crippen LogP contribution in [0.2, 0.25) is 0 Å². The number of hydrogen-bond donors (Lipinski definition) is 0. The van der Waals surface area contributed by atoms with Crippen molar-refractivity contribution >= 4 is 10.8 Å². The van der Waals surface area contributed by atoms with Crippen LogP contribution >= 0.6 is 0 Å². The monoisotopic (exact) mass is 311 g/mol. The summed E-state index contributed by atoms with van der Waals surface area (Å²) < 4.78 is 14.3. The van der Waals surface area contributed by atoms with Gasteiger partial charge in [0.2, 0.25) is 0 Å². The van der Waals surface area contributed by atoms with Crippen molar-refractivity contribution in [2.45, 2.75) is 29.8 Å². The van der Waals surface area contributed by atoms with Crippen LogP contribution in [0.4, 0.5) is 0 Å². The molecule has 0 saturated carbocycles. The van der Waals surface area contributed by atoms with Crippen molar-refractivity contribution in [1.29, 1.82) is 0 Å². The van der Waals surface area contributed by atoms with E-state index in [1.54, 1.807) is 10.9 Å². The zero-order valence-electron chi connectivity index (χ0n) is 12.5. The highest BCUT2D eigenvalue weighted by molar-refractivity contribution is 7.85. The van der Waals surface area contributed by atoms with Crippen LogP contribution in [0.1, 0.15) is 24.1 Å². The molecule has 3 aromatic rings. The van der Waals surface area contributed by atoms with Gasteiger partial charge in [-0.05, 0) is 31.5 Å². The predicted octanol–water partition coefficient (Wildman–Crippen LogP) is 3.36. The average molecular weight is 311 g/mol. The standard InChI is InChI=1S/C17H17N3OS/c1-13-8-10-16(11-9-13)22(21)17-12-20(19-18-17)14(2)15-6-4-3-5-7-15/h3-12,14H,1-2H3/t14-,22?/m1/s1. The van der Waals surface area contributed by atoms with Crippen LogP contribution in [0, 0.1) is 6.92 Å². The van der Waals surface area contributed by atoms with E-state index in [-0.39, 0.29) is 6.04 Å². The molecule has 0 spiro atoms. The number of aromatic nitrogens is 3. The van der Waals surface area contributed by atoms with Crippen LogP contribution in [0.25, 0.3) is 0 Å². The molecule has 1 heterocycles. The molecule has 0 aliphatic rings. The van der Waals surface area contributed by atoms with E-state index in [9.17, 15) is 4.21 Å². The molecule has 2 atom stereocenters. The Balaban J connectivity index is 1.84. The Kier molecular flexibility index (Phi) is 4.15. The first-order valence-electron chi connectivity index (χ1n) is 7.10. The van der Waals surface area contributed by atoms with Crippen LogP contribution in [0.15, 0.2) is 70.7 Å². The summed E-state index contributed by atoms with van der Waals surface area (Å²) in [7, 11) is -1.30. The highest BCUT2D eigenvalue weighted by atomic mass is 32.2. The average Bonchev–Trinajstić information content (AvgIpc) is 3.05. The van der Waals surface area contributed by atoms with E-state index in [4.69, 9.17) is 0 Å². The minimum atomic E-state index is -1.30. The summed E-state index contributed by atoms with van der Waals surface area (Å²) in [6, 6.07) is 17.7. The Morgan fingerprint density at radius 1 is 1.05 bits per heavy atom. The van der Waals surface area contributed by atoms with E-state index in [2.05, 4.69) is 10.3 Å².